The van der Waals surface area contributed by atoms with Crippen molar-refractivity contribution < 1.29 is 5.11 Å². The zero-order valence-corrected chi connectivity index (χ0v) is 14.2. The molecule has 0 amide bonds. The third-order valence-electron chi connectivity index (χ3n) is 4.20. The first-order valence-electron chi connectivity index (χ1n) is 8.22. The number of para-hydroxylation sites is 1. The molecule has 2 N–H and O–H groups in total. The summed E-state index contributed by atoms with van der Waals surface area (Å²) in [5.41, 5.74) is 2.55. The number of aliphatic hydroxyl groups is 1. The van der Waals surface area contributed by atoms with Crippen molar-refractivity contribution in [2.45, 2.75) is 52.5 Å². The second kappa shape index (κ2) is 9.06. The lowest BCUT2D eigenvalue weighted by Crippen LogP contribution is -2.45. The van der Waals surface area contributed by atoms with Gasteiger partial charge in [0.1, 0.15) is 0 Å². The molecule has 0 radical (unpaired) electrons. The number of nitrogens with zero attached hydrogens (tertiary/aromatic N) is 1. The van der Waals surface area contributed by atoms with E-state index in [0.717, 1.165) is 38.9 Å². The van der Waals surface area contributed by atoms with Crippen LogP contribution in [-0.4, -0.2) is 36.9 Å². The van der Waals surface area contributed by atoms with E-state index >= 15 is 0 Å². The Balaban J connectivity index is 2.45. The highest BCUT2D eigenvalue weighted by atomic mass is 16.3. The molecule has 0 aliphatic heterocycles. The number of hydrogen-bond donors (Lipinski definition) is 2. The van der Waals surface area contributed by atoms with Gasteiger partial charge < -0.3 is 15.3 Å². The van der Waals surface area contributed by atoms with Gasteiger partial charge in [0.05, 0.1) is 6.61 Å². The Morgan fingerprint density at radius 2 is 1.90 bits per heavy atom. The summed E-state index contributed by atoms with van der Waals surface area (Å²) in [4.78, 5) is 2.44. The van der Waals surface area contributed by atoms with Gasteiger partial charge in [0, 0.05) is 24.3 Å². The fourth-order valence-electron chi connectivity index (χ4n) is 2.84. The van der Waals surface area contributed by atoms with Crippen molar-refractivity contribution in [2.75, 3.05) is 31.1 Å². The van der Waals surface area contributed by atoms with E-state index in [0.29, 0.717) is 0 Å². The zero-order chi connectivity index (χ0) is 15.7. The first-order valence-corrected chi connectivity index (χ1v) is 8.22. The largest absolute Gasteiger partial charge is 0.394 e. The molecule has 1 aromatic carbocycles. The lowest BCUT2D eigenvalue weighted by Gasteiger charge is -2.29. The lowest BCUT2D eigenvalue weighted by molar-refractivity contribution is 0.165. The first-order chi connectivity index (χ1) is 10.1. The van der Waals surface area contributed by atoms with Gasteiger partial charge in [0.15, 0.2) is 0 Å². The quantitative estimate of drug-likeness (QED) is 0.649. The second-order valence-corrected chi connectivity index (χ2v) is 6.07. The minimum Gasteiger partial charge on any atom is -0.394 e. The predicted octanol–water partition coefficient (Wildman–Crippen LogP) is 3.35. The Bertz CT molecular complexity index is 408. The van der Waals surface area contributed by atoms with Gasteiger partial charge in [-0.25, -0.2) is 0 Å². The Kier molecular flexibility index (Phi) is 7.76. The second-order valence-electron chi connectivity index (χ2n) is 6.07. The number of nitrogens with one attached hydrogen (secondary N) is 1. The van der Waals surface area contributed by atoms with Crippen molar-refractivity contribution in [3.8, 4) is 0 Å². The highest BCUT2D eigenvalue weighted by Gasteiger charge is 2.21. The molecule has 21 heavy (non-hydrogen) atoms. The van der Waals surface area contributed by atoms with E-state index in [1.165, 1.54) is 11.3 Å². The zero-order valence-electron chi connectivity index (χ0n) is 14.2. The predicted molar refractivity (Wildman–Crippen MR) is 92.1 cm³/mol. The summed E-state index contributed by atoms with van der Waals surface area (Å²) in [6.45, 7) is 11.8. The fourth-order valence-corrected chi connectivity index (χ4v) is 2.84. The number of benzene rings is 1. The van der Waals surface area contributed by atoms with Crippen molar-refractivity contribution in [1.29, 1.82) is 0 Å². The highest BCUT2D eigenvalue weighted by Crippen LogP contribution is 2.20. The topological polar surface area (TPSA) is 35.5 Å². The molecule has 1 aromatic rings. The minimum absolute atomic E-state index is 0.130. The van der Waals surface area contributed by atoms with Crippen LogP contribution in [0.5, 0.6) is 0 Å². The molecule has 1 unspecified atom stereocenters. The summed E-state index contributed by atoms with van der Waals surface area (Å²) < 4.78 is 0. The third kappa shape index (κ3) is 5.68. The van der Waals surface area contributed by atoms with Crippen LogP contribution in [0.4, 0.5) is 5.69 Å². The molecule has 0 saturated carbocycles. The van der Waals surface area contributed by atoms with E-state index in [9.17, 15) is 5.11 Å². The summed E-state index contributed by atoms with van der Waals surface area (Å²) >= 11 is 0. The molecule has 3 nitrogen and oxygen atoms in total. The van der Waals surface area contributed by atoms with Gasteiger partial charge in [-0.15, -0.1) is 0 Å². The Hall–Kier alpha value is -1.06. The van der Waals surface area contributed by atoms with Crippen molar-refractivity contribution >= 4 is 5.69 Å². The van der Waals surface area contributed by atoms with Crippen LogP contribution in [0.3, 0.4) is 0 Å². The van der Waals surface area contributed by atoms with E-state index in [4.69, 9.17) is 0 Å². The van der Waals surface area contributed by atoms with E-state index in [1.807, 2.05) is 0 Å². The molecule has 1 atom stereocenters. The smallest absolute Gasteiger partial charge is 0.0610 e. The molecule has 120 valence electrons. The molecule has 0 aliphatic carbocycles. The molecule has 0 aromatic heterocycles. The molecular weight excluding hydrogens is 260 g/mol. The lowest BCUT2D eigenvalue weighted by atomic mass is 9.95. The van der Waals surface area contributed by atoms with Gasteiger partial charge in [-0.2, -0.15) is 0 Å². The molecule has 0 fully saturated rings. The SMILES string of the molecule is CCNC(C)(CO)CCCCN(CC)c1ccccc1C. The van der Waals surface area contributed by atoms with Gasteiger partial charge >= 0.3 is 0 Å². The minimum atomic E-state index is -0.130. The normalized spacial score (nSPS) is 14.0. The first kappa shape index (κ1) is 18.0. The van der Waals surface area contributed by atoms with E-state index in [-0.39, 0.29) is 12.1 Å². The van der Waals surface area contributed by atoms with Gasteiger partial charge in [0.25, 0.3) is 0 Å². The molecule has 1 rings (SSSR count). The average molecular weight is 292 g/mol. The van der Waals surface area contributed by atoms with Crippen molar-refractivity contribution in [2.24, 2.45) is 0 Å². The van der Waals surface area contributed by atoms with Gasteiger partial charge in [-0.3, -0.25) is 0 Å². The summed E-state index contributed by atoms with van der Waals surface area (Å²) in [5.74, 6) is 0. The van der Waals surface area contributed by atoms with Crippen LogP contribution in [0.2, 0.25) is 0 Å². The van der Waals surface area contributed by atoms with E-state index in [2.05, 4.69) is 62.2 Å². The molecule has 0 spiro atoms. The van der Waals surface area contributed by atoms with Crippen LogP contribution in [0.15, 0.2) is 24.3 Å². The maximum absolute atomic E-state index is 9.51. The fraction of sp³-hybridized carbons (Fsp3) is 0.667. The Morgan fingerprint density at radius 1 is 1.19 bits per heavy atom. The molecule has 0 saturated heterocycles. The van der Waals surface area contributed by atoms with Gasteiger partial charge in [-0.05, 0) is 58.2 Å². The highest BCUT2D eigenvalue weighted by molar-refractivity contribution is 5.52. The van der Waals surface area contributed by atoms with Crippen LogP contribution in [0.25, 0.3) is 0 Å². The van der Waals surface area contributed by atoms with Crippen LogP contribution < -0.4 is 10.2 Å². The molecular formula is C18H32N2O. The summed E-state index contributed by atoms with van der Waals surface area (Å²) in [7, 11) is 0. The van der Waals surface area contributed by atoms with Crippen LogP contribution in [-0.2, 0) is 0 Å². The number of likely N-dealkylation sites (N-methyl/N-ethyl adjacent to an activating group) is 1. The third-order valence-corrected chi connectivity index (χ3v) is 4.20. The van der Waals surface area contributed by atoms with Crippen molar-refractivity contribution in [3.63, 3.8) is 0 Å². The maximum Gasteiger partial charge on any atom is 0.0610 e. The summed E-state index contributed by atoms with van der Waals surface area (Å²) in [5, 5.41) is 12.9. The van der Waals surface area contributed by atoms with Gasteiger partial charge in [0.2, 0.25) is 0 Å². The Labute approximate surface area is 130 Å². The van der Waals surface area contributed by atoms with E-state index < -0.39 is 0 Å². The van der Waals surface area contributed by atoms with Crippen molar-refractivity contribution in [1.82, 2.24) is 5.32 Å². The number of unbranched alkanes of at least 4 members (excludes halogenated alkanes) is 1. The molecule has 0 aliphatic rings. The van der Waals surface area contributed by atoms with Crippen LogP contribution >= 0.6 is 0 Å². The maximum atomic E-state index is 9.51. The average Bonchev–Trinajstić information content (AvgIpc) is 2.49. The molecule has 0 bridgehead atoms. The standard InChI is InChI=1S/C18H32N2O/c1-5-19-18(4,15-21)13-9-10-14-20(6-2)17-12-8-7-11-16(17)3/h7-8,11-12,19,21H,5-6,9-10,13-15H2,1-4H3. The number of anilines is 1. The number of hydrogen-bond acceptors (Lipinski definition) is 3. The molecule has 0 heterocycles. The number of rotatable bonds is 10. The van der Waals surface area contributed by atoms with E-state index in [1.54, 1.807) is 0 Å². The monoisotopic (exact) mass is 292 g/mol. The van der Waals surface area contributed by atoms with Crippen LogP contribution in [0.1, 0.15) is 45.6 Å². The Morgan fingerprint density at radius 3 is 2.48 bits per heavy atom. The van der Waals surface area contributed by atoms with Gasteiger partial charge in [-0.1, -0.05) is 25.1 Å². The number of aryl methyl sites for hydroxylation is 1. The molecule has 3 heteroatoms. The number of aliphatic hydroxyl groups excluding tert-OH is 1. The van der Waals surface area contributed by atoms with Crippen molar-refractivity contribution in [3.05, 3.63) is 29.8 Å². The summed E-state index contributed by atoms with van der Waals surface area (Å²) in [6, 6.07) is 8.58. The van der Waals surface area contributed by atoms with Crippen LogP contribution in [0, 0.1) is 6.92 Å². The summed E-state index contributed by atoms with van der Waals surface area (Å²) in [6.07, 6.45) is 3.30.